The Morgan fingerprint density at radius 1 is 0.966 bits per heavy atom. The van der Waals surface area contributed by atoms with Gasteiger partial charge in [-0.3, -0.25) is 13.9 Å². The van der Waals surface area contributed by atoms with Crippen LogP contribution in [-0.4, -0.2) is 29.3 Å². The van der Waals surface area contributed by atoms with E-state index in [9.17, 15) is 9.59 Å². The van der Waals surface area contributed by atoms with E-state index in [4.69, 9.17) is 9.47 Å². The summed E-state index contributed by atoms with van der Waals surface area (Å²) in [6.45, 7) is 3.40. The molecule has 3 aromatic rings. The molecule has 0 saturated carbocycles. The third-order valence-electron chi connectivity index (χ3n) is 4.84. The number of nitrogens with one attached hydrogen (secondary N) is 1. The normalized spacial score (nSPS) is 10.9. The largest absolute Gasteiger partial charge is 0.497 e. The van der Waals surface area contributed by atoms with Crippen LogP contribution in [0.5, 0.6) is 11.5 Å². The minimum Gasteiger partial charge on any atom is -0.497 e. The first kappa shape index (κ1) is 20.5. The smallest absolute Gasteiger partial charge is 0.329 e. The fourth-order valence-corrected chi connectivity index (χ4v) is 3.40. The Kier molecular flexibility index (Phi) is 6.59. The molecule has 0 atom stereocenters. The molecule has 0 bridgehead atoms. The van der Waals surface area contributed by atoms with E-state index in [0.29, 0.717) is 31.1 Å². The third-order valence-corrected chi connectivity index (χ3v) is 4.84. The maximum Gasteiger partial charge on any atom is 0.329 e. The van der Waals surface area contributed by atoms with E-state index in [-0.39, 0.29) is 18.0 Å². The zero-order valence-corrected chi connectivity index (χ0v) is 17.1. The fraction of sp³-hybridized carbons (Fsp3) is 0.364. The number of amides is 1. The molecular formula is C22H27N3O4. The molecule has 0 unspecified atom stereocenters. The predicted octanol–water partition coefficient (Wildman–Crippen LogP) is 2.94. The predicted molar refractivity (Wildman–Crippen MR) is 112 cm³/mol. The number of imidazole rings is 1. The Bertz CT molecular complexity index is 1030. The number of carbonyl (C=O) groups is 1. The zero-order chi connectivity index (χ0) is 20.8. The first-order chi connectivity index (χ1) is 14.1. The van der Waals surface area contributed by atoms with Crippen molar-refractivity contribution in [3.8, 4) is 11.5 Å². The molecule has 7 heteroatoms. The van der Waals surface area contributed by atoms with E-state index in [1.165, 1.54) is 0 Å². The first-order valence-corrected chi connectivity index (χ1v) is 9.74. The molecule has 0 aliphatic heterocycles. The summed E-state index contributed by atoms with van der Waals surface area (Å²) in [5.74, 6) is 1.22. The maximum atomic E-state index is 12.8. The van der Waals surface area contributed by atoms with Crippen LogP contribution in [0.1, 0.15) is 25.3 Å². The van der Waals surface area contributed by atoms with Crippen molar-refractivity contribution in [3.05, 3.63) is 58.5 Å². The fourth-order valence-electron chi connectivity index (χ4n) is 3.40. The van der Waals surface area contributed by atoms with E-state index in [0.717, 1.165) is 23.0 Å². The summed E-state index contributed by atoms with van der Waals surface area (Å²) in [6.07, 6.45) is 1.10. The molecule has 0 saturated heterocycles. The molecule has 0 radical (unpaired) electrons. The average molecular weight is 397 g/mol. The third kappa shape index (κ3) is 4.62. The van der Waals surface area contributed by atoms with Gasteiger partial charge >= 0.3 is 5.69 Å². The van der Waals surface area contributed by atoms with Crippen molar-refractivity contribution in [2.75, 3.05) is 14.2 Å². The lowest BCUT2D eigenvalue weighted by Gasteiger charge is -2.10. The summed E-state index contributed by atoms with van der Waals surface area (Å²) in [5.41, 5.74) is 2.57. The Morgan fingerprint density at radius 2 is 1.55 bits per heavy atom. The van der Waals surface area contributed by atoms with Crippen LogP contribution >= 0.6 is 0 Å². The molecule has 29 heavy (non-hydrogen) atoms. The highest BCUT2D eigenvalue weighted by Gasteiger charge is 2.13. The van der Waals surface area contributed by atoms with Crippen LogP contribution in [0.2, 0.25) is 0 Å². The summed E-state index contributed by atoms with van der Waals surface area (Å²) in [4.78, 5) is 25.2. The van der Waals surface area contributed by atoms with Crippen LogP contribution in [0.3, 0.4) is 0 Å². The lowest BCUT2D eigenvalue weighted by molar-refractivity contribution is -0.121. The zero-order valence-electron chi connectivity index (χ0n) is 17.1. The SMILES string of the molecule is CCCn1c(=O)n(CCC(=O)NCc2cc(OC)cc(OC)c2)c2ccccc21. The summed E-state index contributed by atoms with van der Waals surface area (Å²) in [7, 11) is 3.17. The van der Waals surface area contributed by atoms with Gasteiger partial charge in [0.25, 0.3) is 0 Å². The van der Waals surface area contributed by atoms with Crippen LogP contribution in [-0.2, 0) is 24.4 Å². The average Bonchev–Trinajstić information content (AvgIpc) is 3.01. The van der Waals surface area contributed by atoms with Gasteiger partial charge in [0.05, 0.1) is 25.3 Å². The van der Waals surface area contributed by atoms with Crippen molar-refractivity contribution < 1.29 is 14.3 Å². The summed E-state index contributed by atoms with van der Waals surface area (Å²) >= 11 is 0. The molecule has 0 aliphatic carbocycles. The Hall–Kier alpha value is -3.22. The Morgan fingerprint density at radius 3 is 2.10 bits per heavy atom. The molecular weight excluding hydrogens is 370 g/mol. The van der Waals surface area contributed by atoms with Gasteiger partial charge in [-0.05, 0) is 36.2 Å². The number of methoxy groups -OCH3 is 2. The lowest BCUT2D eigenvalue weighted by atomic mass is 10.2. The standard InChI is InChI=1S/C22H27N3O4/c1-4-10-24-19-7-5-6-8-20(19)25(22(24)27)11-9-21(26)23-15-16-12-17(28-2)14-18(13-16)29-3/h5-8,12-14H,4,9-11,15H2,1-3H3,(H,23,26). The van der Waals surface area contributed by atoms with Gasteiger partial charge < -0.3 is 14.8 Å². The summed E-state index contributed by atoms with van der Waals surface area (Å²) in [6, 6.07) is 13.2. The van der Waals surface area contributed by atoms with Crippen molar-refractivity contribution in [2.24, 2.45) is 0 Å². The molecule has 1 heterocycles. The number of benzene rings is 2. The van der Waals surface area contributed by atoms with Gasteiger partial charge in [0, 0.05) is 32.1 Å². The second-order valence-electron chi connectivity index (χ2n) is 6.82. The van der Waals surface area contributed by atoms with Crippen LogP contribution in [0, 0.1) is 0 Å². The highest BCUT2D eigenvalue weighted by atomic mass is 16.5. The number of aryl methyl sites for hydroxylation is 2. The van der Waals surface area contributed by atoms with Crippen molar-refractivity contribution in [1.29, 1.82) is 0 Å². The van der Waals surface area contributed by atoms with E-state index < -0.39 is 0 Å². The van der Waals surface area contributed by atoms with Crippen LogP contribution in [0.15, 0.2) is 47.3 Å². The number of fused-ring (bicyclic) bond motifs is 1. The van der Waals surface area contributed by atoms with Crippen LogP contribution in [0.4, 0.5) is 0 Å². The van der Waals surface area contributed by atoms with Crippen LogP contribution < -0.4 is 20.5 Å². The van der Waals surface area contributed by atoms with Gasteiger partial charge in [-0.15, -0.1) is 0 Å². The molecule has 1 amide bonds. The lowest BCUT2D eigenvalue weighted by Crippen LogP contribution is -2.28. The van der Waals surface area contributed by atoms with E-state index in [2.05, 4.69) is 5.32 Å². The number of hydrogen-bond donors (Lipinski definition) is 1. The van der Waals surface area contributed by atoms with E-state index >= 15 is 0 Å². The minimum absolute atomic E-state index is 0.0709. The molecule has 3 rings (SSSR count). The van der Waals surface area contributed by atoms with Crippen LogP contribution in [0.25, 0.3) is 11.0 Å². The number of nitrogens with zero attached hydrogens (tertiary/aromatic N) is 2. The summed E-state index contributed by atoms with van der Waals surface area (Å²) < 4.78 is 14.0. The molecule has 0 aliphatic rings. The Labute approximate surface area is 169 Å². The van der Waals surface area contributed by atoms with Gasteiger partial charge in [-0.25, -0.2) is 4.79 Å². The quantitative estimate of drug-likeness (QED) is 0.602. The Balaban J connectivity index is 1.67. The van der Waals surface area contributed by atoms with Gasteiger partial charge in [-0.1, -0.05) is 19.1 Å². The number of rotatable bonds is 9. The topological polar surface area (TPSA) is 74.5 Å². The monoisotopic (exact) mass is 397 g/mol. The second-order valence-corrected chi connectivity index (χ2v) is 6.82. The van der Waals surface area contributed by atoms with Gasteiger partial charge in [0.15, 0.2) is 0 Å². The minimum atomic E-state index is -0.119. The van der Waals surface area contributed by atoms with Crippen molar-refractivity contribution >= 4 is 16.9 Å². The second kappa shape index (κ2) is 9.32. The van der Waals surface area contributed by atoms with Crippen molar-refractivity contribution in [3.63, 3.8) is 0 Å². The molecule has 2 aromatic carbocycles. The summed E-state index contributed by atoms with van der Waals surface area (Å²) in [5, 5.41) is 2.90. The number of aromatic nitrogens is 2. The number of hydrogen-bond acceptors (Lipinski definition) is 4. The maximum absolute atomic E-state index is 12.8. The molecule has 7 nitrogen and oxygen atoms in total. The number of ether oxygens (including phenoxy) is 2. The molecule has 1 N–H and O–H groups in total. The molecule has 0 fully saturated rings. The van der Waals surface area contributed by atoms with Gasteiger partial charge in [0.1, 0.15) is 11.5 Å². The van der Waals surface area contributed by atoms with E-state index in [1.807, 2.05) is 43.3 Å². The number of carbonyl (C=O) groups excluding carboxylic acids is 1. The van der Waals surface area contributed by atoms with Gasteiger partial charge in [-0.2, -0.15) is 0 Å². The highest BCUT2D eigenvalue weighted by Crippen LogP contribution is 2.22. The van der Waals surface area contributed by atoms with Crippen molar-refractivity contribution in [1.82, 2.24) is 14.5 Å². The highest BCUT2D eigenvalue weighted by molar-refractivity contribution is 5.78. The number of para-hydroxylation sites is 2. The van der Waals surface area contributed by atoms with E-state index in [1.54, 1.807) is 29.4 Å². The molecule has 1 aromatic heterocycles. The molecule has 154 valence electrons. The van der Waals surface area contributed by atoms with Gasteiger partial charge in [0.2, 0.25) is 5.91 Å². The van der Waals surface area contributed by atoms with Crippen molar-refractivity contribution in [2.45, 2.75) is 39.4 Å². The first-order valence-electron chi connectivity index (χ1n) is 9.74. The molecule has 0 spiro atoms.